The quantitative estimate of drug-likeness (QED) is 0.579. The van der Waals surface area contributed by atoms with Gasteiger partial charge in [0.25, 0.3) is 5.56 Å². The first-order valence-corrected chi connectivity index (χ1v) is 8.50. The Morgan fingerprint density at radius 1 is 1.21 bits per heavy atom. The SMILES string of the molecule is Cc1c(NCc2cc3cc(Cl)ccc3[nH]c2=O)ccc2nsnc12. The molecule has 24 heavy (non-hydrogen) atoms. The maximum atomic E-state index is 12.2. The van der Waals surface area contributed by atoms with Crippen LogP contribution in [0, 0.1) is 6.92 Å². The number of H-pyrrole nitrogens is 1. The van der Waals surface area contributed by atoms with Crippen LogP contribution in [0.4, 0.5) is 5.69 Å². The van der Waals surface area contributed by atoms with Gasteiger partial charge in [-0.05, 0) is 43.3 Å². The van der Waals surface area contributed by atoms with E-state index in [9.17, 15) is 4.79 Å². The molecule has 120 valence electrons. The van der Waals surface area contributed by atoms with Gasteiger partial charge in [0.15, 0.2) is 0 Å². The van der Waals surface area contributed by atoms with Crippen molar-refractivity contribution < 1.29 is 0 Å². The normalized spacial score (nSPS) is 11.2. The van der Waals surface area contributed by atoms with Crippen LogP contribution in [-0.4, -0.2) is 13.7 Å². The molecule has 0 fully saturated rings. The zero-order valence-corrected chi connectivity index (χ0v) is 14.3. The van der Waals surface area contributed by atoms with E-state index in [2.05, 4.69) is 19.0 Å². The second-order valence-corrected chi connectivity index (χ2v) is 6.54. The van der Waals surface area contributed by atoms with E-state index in [1.165, 1.54) is 11.7 Å². The van der Waals surface area contributed by atoms with Crippen molar-refractivity contribution in [3.63, 3.8) is 0 Å². The molecule has 2 aromatic heterocycles. The predicted molar refractivity (Wildman–Crippen MR) is 99.1 cm³/mol. The third-order valence-electron chi connectivity index (χ3n) is 4.03. The maximum Gasteiger partial charge on any atom is 0.253 e. The summed E-state index contributed by atoms with van der Waals surface area (Å²) in [6.07, 6.45) is 0. The summed E-state index contributed by atoms with van der Waals surface area (Å²) in [7, 11) is 0. The van der Waals surface area contributed by atoms with Gasteiger partial charge in [0.05, 0.1) is 11.7 Å². The molecule has 5 nitrogen and oxygen atoms in total. The first-order valence-electron chi connectivity index (χ1n) is 7.39. The number of pyridine rings is 1. The highest BCUT2D eigenvalue weighted by Crippen LogP contribution is 2.24. The van der Waals surface area contributed by atoms with Gasteiger partial charge in [0.2, 0.25) is 0 Å². The van der Waals surface area contributed by atoms with Crippen molar-refractivity contribution in [2.45, 2.75) is 13.5 Å². The molecule has 0 saturated heterocycles. The van der Waals surface area contributed by atoms with E-state index >= 15 is 0 Å². The van der Waals surface area contributed by atoms with Gasteiger partial charge in [-0.1, -0.05) is 11.6 Å². The van der Waals surface area contributed by atoms with Crippen molar-refractivity contribution in [3.8, 4) is 0 Å². The smallest absolute Gasteiger partial charge is 0.253 e. The zero-order valence-electron chi connectivity index (χ0n) is 12.8. The molecule has 0 radical (unpaired) electrons. The third kappa shape index (κ3) is 2.64. The molecule has 4 aromatic rings. The van der Waals surface area contributed by atoms with Gasteiger partial charge in [-0.15, -0.1) is 0 Å². The number of benzene rings is 2. The van der Waals surface area contributed by atoms with E-state index in [4.69, 9.17) is 11.6 Å². The first kappa shape index (κ1) is 15.1. The van der Waals surface area contributed by atoms with Crippen molar-refractivity contribution in [1.29, 1.82) is 0 Å². The molecule has 0 aliphatic rings. The van der Waals surface area contributed by atoms with E-state index < -0.39 is 0 Å². The number of fused-ring (bicyclic) bond motifs is 2. The Balaban J connectivity index is 1.67. The number of nitrogens with one attached hydrogen (secondary N) is 2. The van der Waals surface area contributed by atoms with E-state index in [-0.39, 0.29) is 5.56 Å². The van der Waals surface area contributed by atoms with Crippen molar-refractivity contribution in [1.82, 2.24) is 13.7 Å². The van der Waals surface area contributed by atoms with Crippen molar-refractivity contribution in [3.05, 3.63) is 62.9 Å². The second-order valence-electron chi connectivity index (χ2n) is 5.58. The molecule has 4 rings (SSSR count). The van der Waals surface area contributed by atoms with Crippen molar-refractivity contribution in [2.24, 2.45) is 0 Å². The minimum atomic E-state index is -0.105. The molecule has 0 unspecified atom stereocenters. The summed E-state index contributed by atoms with van der Waals surface area (Å²) < 4.78 is 8.54. The van der Waals surface area contributed by atoms with Crippen molar-refractivity contribution >= 4 is 51.0 Å². The number of aromatic amines is 1. The second kappa shape index (κ2) is 5.89. The molecule has 7 heteroatoms. The molecule has 0 atom stereocenters. The number of rotatable bonds is 3. The van der Waals surface area contributed by atoms with Gasteiger partial charge in [0, 0.05) is 39.3 Å². The molecule has 0 aliphatic heterocycles. The highest BCUT2D eigenvalue weighted by Gasteiger charge is 2.08. The summed E-state index contributed by atoms with van der Waals surface area (Å²) in [5.41, 5.74) is 5.08. The summed E-state index contributed by atoms with van der Waals surface area (Å²) in [6.45, 7) is 2.41. The molecule has 2 aromatic carbocycles. The molecule has 0 spiro atoms. The zero-order chi connectivity index (χ0) is 16.7. The molecule has 2 heterocycles. The Kier molecular flexibility index (Phi) is 3.70. The molecular weight excluding hydrogens is 344 g/mol. The van der Waals surface area contributed by atoms with E-state index in [1.807, 2.05) is 37.3 Å². The Morgan fingerprint density at radius 3 is 2.96 bits per heavy atom. The standard InChI is InChI=1S/C17H13ClN4OS/c1-9-13(4-5-15-16(9)22-24-21-15)19-8-11-6-10-7-12(18)2-3-14(10)20-17(11)23/h2-7,19H,8H2,1H3,(H,20,23). The number of hydrogen-bond acceptors (Lipinski definition) is 5. The number of anilines is 1. The number of aryl methyl sites for hydroxylation is 1. The monoisotopic (exact) mass is 356 g/mol. The van der Waals surface area contributed by atoms with Gasteiger partial charge < -0.3 is 10.3 Å². The van der Waals surface area contributed by atoms with Crippen LogP contribution in [0.25, 0.3) is 21.9 Å². The number of aromatic nitrogens is 3. The number of hydrogen-bond donors (Lipinski definition) is 2. The molecule has 0 aliphatic carbocycles. The first-order chi connectivity index (χ1) is 11.6. The molecular formula is C17H13ClN4OS. The van der Waals surface area contributed by atoms with Gasteiger partial charge in [-0.2, -0.15) is 8.75 Å². The van der Waals surface area contributed by atoms with Crippen LogP contribution in [0.2, 0.25) is 5.02 Å². The van der Waals surface area contributed by atoms with Crippen LogP contribution in [0.1, 0.15) is 11.1 Å². The van der Waals surface area contributed by atoms with Crippen LogP contribution >= 0.6 is 23.3 Å². The Morgan fingerprint density at radius 2 is 2.08 bits per heavy atom. The number of halogens is 1. The Hall–Kier alpha value is -2.44. The fourth-order valence-corrected chi connectivity index (χ4v) is 3.48. The average molecular weight is 357 g/mol. The minimum Gasteiger partial charge on any atom is -0.380 e. The fraction of sp³-hybridized carbons (Fsp3) is 0.118. The summed E-state index contributed by atoms with van der Waals surface area (Å²) in [5, 5.41) is 4.87. The molecule has 2 N–H and O–H groups in total. The lowest BCUT2D eigenvalue weighted by atomic mass is 10.1. The van der Waals surface area contributed by atoms with E-state index in [0.29, 0.717) is 17.1 Å². The largest absolute Gasteiger partial charge is 0.380 e. The van der Waals surface area contributed by atoms with Gasteiger partial charge in [0.1, 0.15) is 11.0 Å². The van der Waals surface area contributed by atoms with Crippen LogP contribution in [0.3, 0.4) is 0 Å². The number of nitrogens with zero attached hydrogens (tertiary/aromatic N) is 2. The molecule has 0 saturated carbocycles. The highest BCUT2D eigenvalue weighted by atomic mass is 35.5. The van der Waals surface area contributed by atoms with E-state index in [0.717, 1.165) is 33.2 Å². The summed E-state index contributed by atoms with van der Waals surface area (Å²) in [4.78, 5) is 15.1. The van der Waals surface area contributed by atoms with Crippen LogP contribution in [0.5, 0.6) is 0 Å². The van der Waals surface area contributed by atoms with E-state index in [1.54, 1.807) is 6.07 Å². The fourth-order valence-electron chi connectivity index (χ4n) is 2.72. The van der Waals surface area contributed by atoms with Crippen LogP contribution < -0.4 is 10.9 Å². The summed E-state index contributed by atoms with van der Waals surface area (Å²) in [5.74, 6) is 0. The highest BCUT2D eigenvalue weighted by molar-refractivity contribution is 7.00. The third-order valence-corrected chi connectivity index (χ3v) is 4.81. The minimum absolute atomic E-state index is 0.105. The Labute approximate surface area is 146 Å². The van der Waals surface area contributed by atoms with Crippen LogP contribution in [0.15, 0.2) is 41.2 Å². The summed E-state index contributed by atoms with van der Waals surface area (Å²) in [6, 6.07) is 11.2. The average Bonchev–Trinajstić information content (AvgIpc) is 3.04. The van der Waals surface area contributed by atoms with Gasteiger partial charge in [-0.3, -0.25) is 4.79 Å². The predicted octanol–water partition coefficient (Wildman–Crippen LogP) is 4.11. The van der Waals surface area contributed by atoms with Gasteiger partial charge >= 0.3 is 0 Å². The van der Waals surface area contributed by atoms with Gasteiger partial charge in [-0.25, -0.2) is 0 Å². The maximum absolute atomic E-state index is 12.2. The topological polar surface area (TPSA) is 70.7 Å². The Bertz CT molecular complexity index is 1120. The van der Waals surface area contributed by atoms with Crippen molar-refractivity contribution in [2.75, 3.05) is 5.32 Å². The molecule has 0 amide bonds. The van der Waals surface area contributed by atoms with Crippen LogP contribution in [-0.2, 0) is 6.54 Å². The lowest BCUT2D eigenvalue weighted by molar-refractivity contribution is 1.09. The lowest BCUT2D eigenvalue weighted by Crippen LogP contribution is -2.15. The summed E-state index contributed by atoms with van der Waals surface area (Å²) >= 11 is 7.23. The molecule has 0 bridgehead atoms. The lowest BCUT2D eigenvalue weighted by Gasteiger charge is -2.10.